The number of rotatable bonds is 4. The number of nitrogens with zero attached hydrogens (tertiary/aromatic N) is 3. The van der Waals surface area contributed by atoms with Gasteiger partial charge in [0.25, 0.3) is 0 Å². The molecule has 0 aliphatic carbocycles. The minimum Gasteiger partial charge on any atom is -0.486 e. The zero-order valence-electron chi connectivity index (χ0n) is 13.9. The van der Waals surface area contributed by atoms with Crippen LogP contribution in [0, 0.1) is 6.92 Å². The van der Waals surface area contributed by atoms with Gasteiger partial charge in [-0.25, -0.2) is 4.79 Å². The van der Waals surface area contributed by atoms with Crippen molar-refractivity contribution < 1.29 is 14.6 Å². The summed E-state index contributed by atoms with van der Waals surface area (Å²) in [6.07, 6.45) is -0.891. The van der Waals surface area contributed by atoms with Crippen LogP contribution in [0.25, 0.3) is 0 Å². The highest BCUT2D eigenvalue weighted by Crippen LogP contribution is 2.24. The number of likely N-dealkylation sites (tertiary alicyclic amines) is 1. The zero-order valence-corrected chi connectivity index (χ0v) is 13.9. The van der Waals surface area contributed by atoms with E-state index in [-0.39, 0.29) is 6.10 Å². The molecule has 6 heteroatoms. The third-order valence-electron chi connectivity index (χ3n) is 4.65. The molecule has 23 heavy (non-hydrogen) atoms. The Morgan fingerprint density at radius 3 is 2.57 bits per heavy atom. The van der Waals surface area contributed by atoms with E-state index in [4.69, 9.17) is 9.84 Å². The third kappa shape index (κ3) is 3.95. The number of ether oxygens (including phenoxy) is 1. The topological polar surface area (TPSA) is 56.2 Å². The Kier molecular flexibility index (Phi) is 4.73. The van der Waals surface area contributed by atoms with E-state index in [0.717, 1.165) is 44.0 Å². The summed E-state index contributed by atoms with van der Waals surface area (Å²) >= 11 is 0. The largest absolute Gasteiger partial charge is 0.486 e. The van der Waals surface area contributed by atoms with Gasteiger partial charge in [-0.15, -0.1) is 0 Å². The summed E-state index contributed by atoms with van der Waals surface area (Å²) in [6.45, 7) is 8.42. The highest BCUT2D eigenvalue weighted by Gasteiger charge is 2.32. The molecule has 2 heterocycles. The first-order chi connectivity index (χ1) is 11.0. The molecule has 6 nitrogen and oxygen atoms in total. The third-order valence-corrected chi connectivity index (χ3v) is 4.65. The summed E-state index contributed by atoms with van der Waals surface area (Å²) < 4.78 is 5.90. The Hall–Kier alpha value is -1.79. The minimum atomic E-state index is -0.871. The van der Waals surface area contributed by atoms with Gasteiger partial charge in [-0.2, -0.15) is 0 Å². The van der Waals surface area contributed by atoms with E-state index in [0.29, 0.717) is 13.1 Å². The number of likely N-dealkylation sites (N-methyl/N-ethyl adjacent to an activating group) is 1. The summed E-state index contributed by atoms with van der Waals surface area (Å²) in [6, 6.07) is 6.32. The molecule has 0 saturated carbocycles. The highest BCUT2D eigenvalue weighted by molar-refractivity contribution is 5.66. The maximum Gasteiger partial charge on any atom is 0.407 e. The van der Waals surface area contributed by atoms with Crippen LogP contribution in [0.15, 0.2) is 18.2 Å². The molecule has 0 atom stereocenters. The van der Waals surface area contributed by atoms with Crippen molar-refractivity contribution in [1.82, 2.24) is 14.7 Å². The number of benzene rings is 1. The van der Waals surface area contributed by atoms with E-state index in [1.165, 1.54) is 10.5 Å². The second-order valence-corrected chi connectivity index (χ2v) is 6.61. The minimum absolute atomic E-state index is 0.0201. The van der Waals surface area contributed by atoms with Crippen LogP contribution in [0.3, 0.4) is 0 Å². The van der Waals surface area contributed by atoms with Crippen molar-refractivity contribution in [2.75, 3.05) is 46.3 Å². The summed E-state index contributed by atoms with van der Waals surface area (Å²) in [5.74, 6) is 0.863. The average Bonchev–Trinajstić information content (AvgIpc) is 2.46. The summed E-state index contributed by atoms with van der Waals surface area (Å²) in [5.41, 5.74) is 2.42. The summed E-state index contributed by atoms with van der Waals surface area (Å²) in [5, 5.41) is 8.84. The zero-order chi connectivity index (χ0) is 16.4. The number of carboxylic acid groups (broad SMARTS) is 1. The van der Waals surface area contributed by atoms with Gasteiger partial charge in [0, 0.05) is 32.7 Å². The van der Waals surface area contributed by atoms with Gasteiger partial charge in [-0.1, -0.05) is 12.1 Å². The molecule has 0 radical (unpaired) electrons. The normalized spacial score (nSPS) is 20.3. The first kappa shape index (κ1) is 16.1. The molecule has 0 spiro atoms. The number of hydrogen-bond donors (Lipinski definition) is 1. The second-order valence-electron chi connectivity index (χ2n) is 6.61. The first-order valence-electron chi connectivity index (χ1n) is 8.16. The lowest BCUT2D eigenvalue weighted by atomic mass is 10.1. The molecule has 0 aromatic heterocycles. The van der Waals surface area contributed by atoms with E-state index >= 15 is 0 Å². The molecule has 3 rings (SSSR count). The van der Waals surface area contributed by atoms with Crippen LogP contribution in [0.1, 0.15) is 11.1 Å². The lowest BCUT2D eigenvalue weighted by Crippen LogP contribution is -2.55. The van der Waals surface area contributed by atoms with E-state index in [1.807, 2.05) is 6.07 Å². The summed E-state index contributed by atoms with van der Waals surface area (Å²) in [7, 11) is 2.17. The van der Waals surface area contributed by atoms with Gasteiger partial charge in [-0.05, 0) is 31.2 Å². The van der Waals surface area contributed by atoms with Crippen LogP contribution in [0.2, 0.25) is 0 Å². The predicted octanol–water partition coefficient (Wildman–Crippen LogP) is 1.48. The molecule has 2 saturated heterocycles. The monoisotopic (exact) mass is 319 g/mol. The average molecular weight is 319 g/mol. The quantitative estimate of drug-likeness (QED) is 0.911. The van der Waals surface area contributed by atoms with Crippen molar-refractivity contribution in [3.05, 3.63) is 29.3 Å². The van der Waals surface area contributed by atoms with Crippen LogP contribution in [0.4, 0.5) is 4.79 Å². The number of aryl methyl sites for hydroxylation is 1. The molecule has 1 aromatic carbocycles. The van der Waals surface area contributed by atoms with Gasteiger partial charge in [-0.3, -0.25) is 4.90 Å². The van der Waals surface area contributed by atoms with Gasteiger partial charge < -0.3 is 19.6 Å². The van der Waals surface area contributed by atoms with E-state index < -0.39 is 6.09 Å². The second kappa shape index (κ2) is 6.76. The van der Waals surface area contributed by atoms with Gasteiger partial charge in [0.05, 0.1) is 13.1 Å². The number of amides is 1. The van der Waals surface area contributed by atoms with Gasteiger partial charge in [0.1, 0.15) is 11.9 Å². The molecule has 126 valence electrons. The lowest BCUT2D eigenvalue weighted by Gasteiger charge is -2.37. The van der Waals surface area contributed by atoms with E-state index in [2.05, 4.69) is 35.9 Å². The van der Waals surface area contributed by atoms with E-state index in [1.54, 1.807) is 0 Å². The Labute approximate surface area is 137 Å². The molecule has 2 aliphatic rings. The van der Waals surface area contributed by atoms with Crippen molar-refractivity contribution >= 4 is 6.09 Å². The molecule has 2 aliphatic heterocycles. The Morgan fingerprint density at radius 2 is 1.96 bits per heavy atom. The maximum atomic E-state index is 10.8. The standard InChI is InChI=1S/C17H25N3O3/c1-13-9-14(10-19-7-5-18(2)6-8-19)3-4-16(13)23-15-11-20(12-15)17(21)22/h3-4,9,15H,5-8,10-12H2,1-2H3,(H,21,22). The molecule has 1 N–H and O–H groups in total. The van der Waals surface area contributed by atoms with Crippen molar-refractivity contribution in [3.8, 4) is 5.75 Å². The molecular weight excluding hydrogens is 294 g/mol. The van der Waals surface area contributed by atoms with Crippen LogP contribution in [0.5, 0.6) is 5.75 Å². The SMILES string of the molecule is Cc1cc(CN2CCN(C)CC2)ccc1OC1CN(C(=O)O)C1. The van der Waals surface area contributed by atoms with E-state index in [9.17, 15) is 4.79 Å². The molecular formula is C17H25N3O3. The molecule has 0 bridgehead atoms. The Morgan fingerprint density at radius 1 is 1.26 bits per heavy atom. The van der Waals surface area contributed by atoms with Crippen molar-refractivity contribution in [2.45, 2.75) is 19.6 Å². The predicted molar refractivity (Wildman–Crippen MR) is 88.0 cm³/mol. The maximum absolute atomic E-state index is 10.8. The molecule has 1 amide bonds. The molecule has 2 fully saturated rings. The van der Waals surface area contributed by atoms with Gasteiger partial charge >= 0.3 is 6.09 Å². The number of hydrogen-bond acceptors (Lipinski definition) is 4. The van der Waals surface area contributed by atoms with Crippen LogP contribution < -0.4 is 4.74 Å². The van der Waals surface area contributed by atoms with Crippen LogP contribution >= 0.6 is 0 Å². The molecule has 0 unspecified atom stereocenters. The first-order valence-corrected chi connectivity index (χ1v) is 8.16. The van der Waals surface area contributed by atoms with Crippen molar-refractivity contribution in [3.63, 3.8) is 0 Å². The lowest BCUT2D eigenvalue weighted by molar-refractivity contribution is 0.0248. The van der Waals surface area contributed by atoms with Crippen molar-refractivity contribution in [1.29, 1.82) is 0 Å². The summed E-state index contributed by atoms with van der Waals surface area (Å²) in [4.78, 5) is 17.0. The number of piperazine rings is 1. The van der Waals surface area contributed by atoms with Gasteiger partial charge in [0.2, 0.25) is 0 Å². The Balaban J connectivity index is 1.53. The van der Waals surface area contributed by atoms with Crippen LogP contribution in [-0.2, 0) is 6.54 Å². The van der Waals surface area contributed by atoms with Gasteiger partial charge in [0.15, 0.2) is 0 Å². The molecule has 1 aromatic rings. The smallest absolute Gasteiger partial charge is 0.407 e. The van der Waals surface area contributed by atoms with Crippen LogP contribution in [-0.4, -0.2) is 78.3 Å². The number of carbonyl (C=O) groups is 1. The van der Waals surface area contributed by atoms with Crippen molar-refractivity contribution in [2.24, 2.45) is 0 Å². The fourth-order valence-electron chi connectivity index (χ4n) is 3.05. The fraction of sp³-hybridized carbons (Fsp3) is 0.588. The highest BCUT2D eigenvalue weighted by atomic mass is 16.5. The fourth-order valence-corrected chi connectivity index (χ4v) is 3.05. The Bertz CT molecular complexity index is 564.